The molecule has 24 heavy (non-hydrogen) atoms. The van der Waals surface area contributed by atoms with E-state index < -0.39 is 11.9 Å². The standard InChI is InChI=1S/C17H16N4O3/c1-2-21-15-8-7-13(9-14(15)19-20-21)17(23)24-10-11-3-5-12(6-4-11)16(18)22/h3-9H,2,10H2,1H3,(H2,18,22). The molecule has 0 unspecified atom stereocenters. The van der Waals surface area contributed by atoms with Crippen LogP contribution >= 0.6 is 0 Å². The summed E-state index contributed by atoms with van der Waals surface area (Å²) >= 11 is 0. The second kappa shape index (κ2) is 6.49. The minimum atomic E-state index is -0.494. The Bertz CT molecular complexity index is 900. The van der Waals surface area contributed by atoms with E-state index in [-0.39, 0.29) is 6.61 Å². The number of nitrogens with two attached hydrogens (primary N) is 1. The monoisotopic (exact) mass is 324 g/mol. The molecule has 2 aromatic carbocycles. The number of carbonyl (C=O) groups is 2. The molecule has 0 aliphatic rings. The van der Waals surface area contributed by atoms with Crippen molar-refractivity contribution in [3.05, 3.63) is 59.2 Å². The quantitative estimate of drug-likeness (QED) is 0.723. The van der Waals surface area contributed by atoms with Gasteiger partial charge in [0.15, 0.2) is 0 Å². The molecule has 3 rings (SSSR count). The molecule has 7 nitrogen and oxygen atoms in total. The molecule has 7 heteroatoms. The fourth-order valence-corrected chi connectivity index (χ4v) is 2.33. The summed E-state index contributed by atoms with van der Waals surface area (Å²) in [7, 11) is 0. The van der Waals surface area contributed by atoms with Crippen LogP contribution in [0.15, 0.2) is 42.5 Å². The third-order valence-corrected chi connectivity index (χ3v) is 3.66. The van der Waals surface area contributed by atoms with Crippen LogP contribution < -0.4 is 5.73 Å². The molecular formula is C17H16N4O3. The van der Waals surface area contributed by atoms with Crippen molar-refractivity contribution < 1.29 is 14.3 Å². The summed E-state index contributed by atoms with van der Waals surface area (Å²) in [6.07, 6.45) is 0. The Hall–Kier alpha value is -3.22. The lowest BCUT2D eigenvalue weighted by molar-refractivity contribution is 0.0472. The van der Waals surface area contributed by atoms with Crippen LogP contribution in [0.5, 0.6) is 0 Å². The summed E-state index contributed by atoms with van der Waals surface area (Å²) in [4.78, 5) is 23.2. The summed E-state index contributed by atoms with van der Waals surface area (Å²) in [5, 5.41) is 8.05. The molecular weight excluding hydrogens is 308 g/mol. The zero-order valence-corrected chi connectivity index (χ0v) is 13.1. The number of ether oxygens (including phenoxy) is 1. The SMILES string of the molecule is CCn1nnc2cc(C(=O)OCc3ccc(C(N)=O)cc3)ccc21. The Morgan fingerprint density at radius 3 is 2.50 bits per heavy atom. The second-order valence-corrected chi connectivity index (χ2v) is 5.25. The van der Waals surface area contributed by atoms with Crippen molar-refractivity contribution in [2.75, 3.05) is 0 Å². The number of carbonyl (C=O) groups excluding carboxylic acids is 2. The van der Waals surface area contributed by atoms with Crippen molar-refractivity contribution in [1.82, 2.24) is 15.0 Å². The van der Waals surface area contributed by atoms with Crippen LogP contribution in [0.25, 0.3) is 11.0 Å². The maximum absolute atomic E-state index is 12.2. The minimum Gasteiger partial charge on any atom is -0.457 e. The molecule has 0 radical (unpaired) electrons. The van der Waals surface area contributed by atoms with Crippen LogP contribution in [0.1, 0.15) is 33.2 Å². The van der Waals surface area contributed by atoms with E-state index in [0.717, 1.165) is 11.1 Å². The first kappa shape index (κ1) is 15.7. The maximum Gasteiger partial charge on any atom is 0.338 e. The lowest BCUT2D eigenvalue weighted by Crippen LogP contribution is -2.11. The van der Waals surface area contributed by atoms with E-state index in [2.05, 4.69) is 10.3 Å². The largest absolute Gasteiger partial charge is 0.457 e. The van der Waals surface area contributed by atoms with Crippen molar-refractivity contribution in [2.24, 2.45) is 5.73 Å². The van der Waals surface area contributed by atoms with Gasteiger partial charge < -0.3 is 10.5 Å². The fourth-order valence-electron chi connectivity index (χ4n) is 2.33. The highest BCUT2D eigenvalue weighted by Crippen LogP contribution is 2.15. The number of aryl methyl sites for hydroxylation is 1. The molecule has 2 N–H and O–H groups in total. The van der Waals surface area contributed by atoms with Crippen LogP contribution in [-0.2, 0) is 17.9 Å². The summed E-state index contributed by atoms with van der Waals surface area (Å²) in [6, 6.07) is 11.7. The van der Waals surface area contributed by atoms with Crippen LogP contribution in [0.4, 0.5) is 0 Å². The Morgan fingerprint density at radius 2 is 1.83 bits per heavy atom. The van der Waals surface area contributed by atoms with E-state index in [0.29, 0.717) is 23.2 Å². The van der Waals surface area contributed by atoms with Gasteiger partial charge in [0.2, 0.25) is 5.91 Å². The number of aromatic nitrogens is 3. The van der Waals surface area contributed by atoms with Crippen molar-refractivity contribution in [2.45, 2.75) is 20.1 Å². The lowest BCUT2D eigenvalue weighted by atomic mass is 10.1. The average molecular weight is 324 g/mol. The van der Waals surface area contributed by atoms with E-state index in [4.69, 9.17) is 10.5 Å². The summed E-state index contributed by atoms with van der Waals surface area (Å²) in [5.74, 6) is -0.936. The summed E-state index contributed by atoms with van der Waals surface area (Å²) < 4.78 is 7.04. The molecule has 122 valence electrons. The Balaban J connectivity index is 1.69. The highest BCUT2D eigenvalue weighted by molar-refractivity contribution is 5.94. The zero-order valence-electron chi connectivity index (χ0n) is 13.1. The number of fused-ring (bicyclic) bond motifs is 1. The third-order valence-electron chi connectivity index (χ3n) is 3.66. The van der Waals surface area contributed by atoms with Gasteiger partial charge in [-0.15, -0.1) is 5.10 Å². The van der Waals surface area contributed by atoms with Gasteiger partial charge in [-0.1, -0.05) is 17.3 Å². The van der Waals surface area contributed by atoms with Crippen LogP contribution in [0, 0.1) is 0 Å². The van der Waals surface area contributed by atoms with Gasteiger partial charge in [0, 0.05) is 12.1 Å². The molecule has 3 aromatic rings. The van der Waals surface area contributed by atoms with Crippen LogP contribution in [0.3, 0.4) is 0 Å². The molecule has 0 fully saturated rings. The first-order valence-corrected chi connectivity index (χ1v) is 7.47. The van der Waals surface area contributed by atoms with Gasteiger partial charge >= 0.3 is 5.97 Å². The predicted octanol–water partition coefficient (Wildman–Crippen LogP) is 1.91. The van der Waals surface area contributed by atoms with E-state index in [9.17, 15) is 9.59 Å². The van der Waals surface area contributed by atoms with Crippen molar-refractivity contribution in [3.8, 4) is 0 Å². The molecule has 1 aromatic heterocycles. The van der Waals surface area contributed by atoms with Crippen LogP contribution in [0.2, 0.25) is 0 Å². The van der Waals surface area contributed by atoms with Crippen molar-refractivity contribution in [1.29, 1.82) is 0 Å². The predicted molar refractivity (Wildman–Crippen MR) is 87.3 cm³/mol. The van der Waals surface area contributed by atoms with Gasteiger partial charge in [0.05, 0.1) is 11.1 Å². The number of hydrogen-bond donors (Lipinski definition) is 1. The maximum atomic E-state index is 12.2. The molecule has 1 amide bonds. The van der Waals surface area contributed by atoms with Crippen LogP contribution in [-0.4, -0.2) is 26.9 Å². The molecule has 0 saturated heterocycles. The molecule has 0 aliphatic carbocycles. The van der Waals surface area contributed by atoms with Crippen molar-refractivity contribution in [3.63, 3.8) is 0 Å². The second-order valence-electron chi connectivity index (χ2n) is 5.25. The van der Waals surface area contributed by atoms with E-state index in [1.165, 1.54) is 0 Å². The normalized spacial score (nSPS) is 10.7. The lowest BCUT2D eigenvalue weighted by Gasteiger charge is -2.06. The first-order chi connectivity index (χ1) is 11.6. The van der Waals surface area contributed by atoms with Crippen molar-refractivity contribution >= 4 is 22.9 Å². The Labute approximate surface area is 138 Å². The number of hydrogen-bond acceptors (Lipinski definition) is 5. The fraction of sp³-hybridized carbons (Fsp3) is 0.176. The molecule has 0 atom stereocenters. The molecule has 0 spiro atoms. The number of primary amides is 1. The molecule has 0 saturated carbocycles. The molecule has 0 aliphatic heterocycles. The molecule has 1 heterocycles. The summed E-state index contributed by atoms with van der Waals surface area (Å²) in [5.41, 5.74) is 8.30. The number of benzene rings is 2. The zero-order chi connectivity index (χ0) is 17.1. The van der Waals surface area contributed by atoms with E-state index in [1.54, 1.807) is 47.1 Å². The molecule has 0 bridgehead atoms. The van der Waals surface area contributed by atoms with Gasteiger partial charge in [-0.05, 0) is 42.8 Å². The number of amides is 1. The van der Waals surface area contributed by atoms with Gasteiger partial charge in [-0.3, -0.25) is 4.79 Å². The summed E-state index contributed by atoms with van der Waals surface area (Å²) in [6.45, 7) is 2.79. The minimum absolute atomic E-state index is 0.109. The topological polar surface area (TPSA) is 100 Å². The smallest absolute Gasteiger partial charge is 0.338 e. The van der Waals surface area contributed by atoms with Gasteiger partial charge in [-0.2, -0.15) is 0 Å². The average Bonchev–Trinajstić information content (AvgIpc) is 3.02. The Morgan fingerprint density at radius 1 is 1.12 bits per heavy atom. The number of nitrogens with zero attached hydrogens (tertiary/aromatic N) is 3. The first-order valence-electron chi connectivity index (χ1n) is 7.47. The van der Waals surface area contributed by atoms with Gasteiger partial charge in [-0.25, -0.2) is 9.48 Å². The highest BCUT2D eigenvalue weighted by atomic mass is 16.5. The van der Waals surface area contributed by atoms with Gasteiger partial charge in [0.25, 0.3) is 0 Å². The highest BCUT2D eigenvalue weighted by Gasteiger charge is 2.11. The number of rotatable bonds is 5. The Kier molecular flexibility index (Phi) is 4.24. The number of esters is 1. The van der Waals surface area contributed by atoms with E-state index in [1.807, 2.05) is 6.92 Å². The van der Waals surface area contributed by atoms with Gasteiger partial charge in [0.1, 0.15) is 12.1 Å². The third kappa shape index (κ3) is 3.10. The van der Waals surface area contributed by atoms with E-state index >= 15 is 0 Å².